The van der Waals surface area contributed by atoms with E-state index in [0.29, 0.717) is 16.6 Å². The fraction of sp³-hybridized carbons (Fsp3) is 0.333. The summed E-state index contributed by atoms with van der Waals surface area (Å²) >= 11 is 0. The summed E-state index contributed by atoms with van der Waals surface area (Å²) in [4.78, 5) is 25.2. The Kier molecular flexibility index (Phi) is 4.60. The Morgan fingerprint density at radius 1 is 1.23 bits per heavy atom. The summed E-state index contributed by atoms with van der Waals surface area (Å²) in [5.41, 5.74) is 0.979. The lowest BCUT2D eigenvalue weighted by molar-refractivity contribution is -0.167. The lowest BCUT2D eigenvalue weighted by atomic mass is 10.0. The zero-order valence-electron chi connectivity index (χ0n) is 14.8. The summed E-state index contributed by atoms with van der Waals surface area (Å²) in [6, 6.07) is 9.81. The van der Waals surface area contributed by atoms with Gasteiger partial charge in [-0.3, -0.25) is 0 Å². The van der Waals surface area contributed by atoms with E-state index in [1.807, 2.05) is 18.2 Å². The number of rotatable bonds is 4. The summed E-state index contributed by atoms with van der Waals surface area (Å²) in [5, 5.41) is 1.45. The second-order valence-corrected chi connectivity index (χ2v) is 7.94. The van der Waals surface area contributed by atoms with E-state index < -0.39 is 32.7 Å². The normalized spacial score (nSPS) is 20.0. The van der Waals surface area contributed by atoms with Crippen molar-refractivity contribution < 1.29 is 27.0 Å². The van der Waals surface area contributed by atoms with E-state index in [0.717, 1.165) is 11.6 Å². The minimum atomic E-state index is -4.08. The number of benzene rings is 2. The van der Waals surface area contributed by atoms with Crippen molar-refractivity contribution in [3.63, 3.8) is 0 Å². The fourth-order valence-corrected chi connectivity index (χ4v) is 4.22. The number of quaternary nitrogens is 1. The van der Waals surface area contributed by atoms with Gasteiger partial charge in [-0.2, -0.15) is 8.42 Å². The number of esters is 1. The molecule has 1 heterocycles. The Balaban J connectivity index is 2.43. The minimum absolute atomic E-state index is 0.105. The van der Waals surface area contributed by atoms with Crippen molar-refractivity contribution in [3.05, 3.63) is 42.0 Å². The molecule has 7 nitrogen and oxygen atoms in total. The second-order valence-electron chi connectivity index (χ2n) is 6.38. The van der Waals surface area contributed by atoms with Gasteiger partial charge in [0, 0.05) is 17.4 Å². The molecule has 1 aliphatic rings. The van der Waals surface area contributed by atoms with Crippen LogP contribution in [0.1, 0.15) is 18.9 Å². The molecule has 0 N–H and O–H groups in total. The van der Waals surface area contributed by atoms with Crippen LogP contribution in [0, 0.1) is 6.92 Å². The predicted molar refractivity (Wildman–Crippen MR) is 96.5 cm³/mol. The molecule has 2 unspecified atom stereocenters. The molecule has 0 bridgehead atoms. The molecule has 2 aromatic rings. The molecule has 26 heavy (non-hydrogen) atoms. The van der Waals surface area contributed by atoms with Crippen molar-refractivity contribution >= 4 is 38.5 Å². The third kappa shape index (κ3) is 3.00. The van der Waals surface area contributed by atoms with Crippen LogP contribution in [0.4, 0.5) is 5.69 Å². The van der Waals surface area contributed by atoms with E-state index in [1.165, 1.54) is 6.92 Å². The number of carbonyl (C=O) groups is 2. The Labute approximate surface area is 151 Å². The van der Waals surface area contributed by atoms with Crippen LogP contribution in [-0.4, -0.2) is 39.2 Å². The second kappa shape index (κ2) is 6.46. The van der Waals surface area contributed by atoms with Gasteiger partial charge in [-0.15, -0.1) is 0 Å². The number of amides is 1. The van der Waals surface area contributed by atoms with Crippen LogP contribution in [-0.2, 0) is 28.7 Å². The lowest BCUT2D eigenvalue weighted by Gasteiger charge is -2.34. The first-order valence-electron chi connectivity index (χ1n) is 8.13. The first-order chi connectivity index (χ1) is 12.2. The van der Waals surface area contributed by atoms with Crippen LogP contribution in [0.15, 0.2) is 36.4 Å². The number of hydrogen-bond acceptors (Lipinski definition) is 6. The number of ether oxygens (including phenoxy) is 1. The molecule has 1 saturated heterocycles. The van der Waals surface area contributed by atoms with Crippen molar-refractivity contribution in [1.29, 1.82) is 0 Å². The van der Waals surface area contributed by atoms with E-state index >= 15 is 0 Å². The summed E-state index contributed by atoms with van der Waals surface area (Å²) in [6.07, 6.45) is 1.04. The maximum Gasteiger partial charge on any atom is 0.369 e. The number of hydrogen-bond donors (Lipinski definition) is 0. The van der Waals surface area contributed by atoms with Gasteiger partial charge < -0.3 is 4.74 Å². The smallest absolute Gasteiger partial charge is 0.369 e. The molecule has 2 atom stereocenters. The number of aryl methyl sites for hydroxylation is 1. The van der Waals surface area contributed by atoms with Gasteiger partial charge in [0.2, 0.25) is 6.04 Å². The third-order valence-electron chi connectivity index (χ3n) is 4.50. The predicted octanol–water partition coefficient (Wildman–Crippen LogP) is 2.21. The van der Waals surface area contributed by atoms with Crippen molar-refractivity contribution in [3.8, 4) is 0 Å². The highest BCUT2D eigenvalue weighted by molar-refractivity contribution is 7.86. The van der Waals surface area contributed by atoms with Gasteiger partial charge in [0.25, 0.3) is 0 Å². The monoisotopic (exact) mass is 378 g/mol. The molecule has 1 amide bonds. The molecule has 0 radical (unpaired) electrons. The van der Waals surface area contributed by atoms with Gasteiger partial charge >= 0.3 is 22.0 Å². The van der Waals surface area contributed by atoms with Crippen molar-refractivity contribution in [2.45, 2.75) is 26.3 Å². The van der Waals surface area contributed by atoms with Gasteiger partial charge in [0.05, 0.1) is 19.8 Å². The zero-order valence-corrected chi connectivity index (χ0v) is 15.6. The van der Waals surface area contributed by atoms with Crippen LogP contribution in [0.2, 0.25) is 0 Å². The van der Waals surface area contributed by atoms with Crippen LogP contribution in [0.25, 0.3) is 10.8 Å². The third-order valence-corrected chi connectivity index (χ3v) is 5.01. The molecule has 1 aliphatic heterocycles. The highest BCUT2D eigenvalue weighted by Gasteiger charge is 2.57. The van der Waals surface area contributed by atoms with Crippen LogP contribution in [0.3, 0.4) is 0 Å². The van der Waals surface area contributed by atoms with Crippen molar-refractivity contribution in [1.82, 2.24) is 4.65 Å². The fourth-order valence-electron chi connectivity index (χ4n) is 3.51. The first kappa shape index (κ1) is 18.5. The minimum Gasteiger partial charge on any atom is -0.461 e. The average molecular weight is 378 g/mol. The lowest BCUT2D eigenvalue weighted by Crippen LogP contribution is -2.62. The maximum atomic E-state index is 12.8. The standard InChI is InChI=1S/C18H20NO6S/c1-12-8-9-14-6-4-5-7-15(14)17(12)19(13(2)20,25-26(3,22)23)16-10-11-24-18(16)21/h4-9,16H,10-11H2,1-3H3/q+1. The largest absolute Gasteiger partial charge is 0.461 e. The van der Waals surface area contributed by atoms with E-state index in [1.54, 1.807) is 25.1 Å². The van der Waals surface area contributed by atoms with E-state index in [4.69, 9.17) is 9.02 Å². The number of fused-ring (bicyclic) bond motifs is 1. The average Bonchev–Trinajstić information content (AvgIpc) is 2.98. The summed E-state index contributed by atoms with van der Waals surface area (Å²) in [6.45, 7) is 3.08. The first-order valence-corrected chi connectivity index (χ1v) is 9.95. The zero-order chi connectivity index (χ0) is 19.1. The molecular weight excluding hydrogens is 358 g/mol. The van der Waals surface area contributed by atoms with Crippen LogP contribution >= 0.6 is 0 Å². The van der Waals surface area contributed by atoms with Gasteiger partial charge in [-0.05, 0) is 18.4 Å². The molecule has 0 aromatic heterocycles. The number of cyclic esters (lactones) is 1. The van der Waals surface area contributed by atoms with Gasteiger partial charge in [-0.25, -0.2) is 9.59 Å². The van der Waals surface area contributed by atoms with Gasteiger partial charge in [0.15, 0.2) is 5.69 Å². The van der Waals surface area contributed by atoms with Crippen molar-refractivity contribution in [2.24, 2.45) is 0 Å². The molecule has 0 aliphatic carbocycles. The molecule has 138 valence electrons. The Morgan fingerprint density at radius 3 is 2.50 bits per heavy atom. The molecule has 1 fully saturated rings. The molecule has 2 aromatic carbocycles. The Morgan fingerprint density at radius 2 is 1.92 bits per heavy atom. The molecule has 3 rings (SSSR count). The van der Waals surface area contributed by atoms with Crippen LogP contribution < -0.4 is 4.65 Å². The summed E-state index contributed by atoms with van der Waals surface area (Å²) in [5.74, 6) is -1.27. The summed E-state index contributed by atoms with van der Waals surface area (Å²) in [7, 11) is -4.08. The number of hydroxylamine groups is 2. The molecule has 0 spiro atoms. The van der Waals surface area contributed by atoms with Gasteiger partial charge in [0.1, 0.15) is 0 Å². The highest BCUT2D eigenvalue weighted by atomic mass is 32.2. The van der Waals surface area contributed by atoms with E-state index in [2.05, 4.69) is 0 Å². The number of nitrogens with zero attached hydrogens (tertiary/aromatic N) is 1. The van der Waals surface area contributed by atoms with Crippen LogP contribution in [0.5, 0.6) is 0 Å². The quantitative estimate of drug-likeness (QED) is 0.461. The molecule has 8 heteroatoms. The SMILES string of the molecule is CC(=O)[N+](OS(C)(=O)=O)(c1c(C)ccc2ccccc12)C1CCOC1=O. The number of carbonyl (C=O) groups excluding carboxylic acids is 2. The van der Waals surface area contributed by atoms with E-state index in [-0.39, 0.29) is 13.0 Å². The summed E-state index contributed by atoms with van der Waals surface area (Å²) < 4.78 is 33.5. The molecular formula is C18H20NO6S+. The maximum absolute atomic E-state index is 12.8. The van der Waals surface area contributed by atoms with E-state index in [9.17, 15) is 18.0 Å². The van der Waals surface area contributed by atoms with Gasteiger partial charge in [-0.1, -0.05) is 39.3 Å². The Bertz CT molecular complexity index is 1000. The van der Waals surface area contributed by atoms with Crippen molar-refractivity contribution in [2.75, 3.05) is 12.9 Å². The Hall–Kier alpha value is -2.29. The highest BCUT2D eigenvalue weighted by Crippen LogP contribution is 2.41. The topological polar surface area (TPSA) is 86.7 Å². The molecule has 0 saturated carbocycles.